The molecule has 3 N–H and O–H groups in total. The first-order chi connectivity index (χ1) is 19.6. The molecule has 2 aliphatic heterocycles. The number of rotatable bonds is 7. The number of hydrogen-bond acceptors (Lipinski definition) is 5. The Morgan fingerprint density at radius 2 is 1.78 bits per heavy atom. The average Bonchev–Trinajstić information content (AvgIpc) is 2.95. The van der Waals surface area contributed by atoms with Gasteiger partial charge in [-0.05, 0) is 71.7 Å². The van der Waals surface area contributed by atoms with Gasteiger partial charge < -0.3 is 20.7 Å². The second-order valence-corrected chi connectivity index (χ2v) is 10.7. The Balaban J connectivity index is 1.22. The van der Waals surface area contributed by atoms with E-state index in [2.05, 4.69) is 10.3 Å². The number of halogens is 3. The summed E-state index contributed by atoms with van der Waals surface area (Å²) in [5.74, 6) is 0.105. The topological polar surface area (TPSA) is 97.5 Å². The van der Waals surface area contributed by atoms with Gasteiger partial charge in [0.2, 0.25) is 5.91 Å². The van der Waals surface area contributed by atoms with Crippen LogP contribution in [0.1, 0.15) is 64.3 Å². The van der Waals surface area contributed by atoms with Gasteiger partial charge in [-0.1, -0.05) is 30.3 Å². The van der Waals surface area contributed by atoms with E-state index in [4.69, 9.17) is 10.5 Å². The largest absolute Gasteiger partial charge is 0.416 e. The Labute approximate surface area is 236 Å². The Morgan fingerprint density at radius 1 is 1.07 bits per heavy atom. The smallest absolute Gasteiger partial charge is 0.380 e. The van der Waals surface area contributed by atoms with Crippen LogP contribution in [0.25, 0.3) is 11.1 Å². The highest BCUT2D eigenvalue weighted by molar-refractivity contribution is 5.94. The van der Waals surface area contributed by atoms with E-state index in [0.717, 1.165) is 36.1 Å². The van der Waals surface area contributed by atoms with Crippen molar-refractivity contribution in [3.05, 3.63) is 88.7 Å². The molecule has 0 radical (unpaired) electrons. The molecule has 0 saturated carbocycles. The Kier molecular flexibility index (Phi) is 8.42. The van der Waals surface area contributed by atoms with E-state index in [9.17, 15) is 22.8 Å². The van der Waals surface area contributed by atoms with E-state index in [0.29, 0.717) is 48.6 Å². The van der Waals surface area contributed by atoms with Crippen LogP contribution >= 0.6 is 0 Å². The fourth-order valence-electron chi connectivity index (χ4n) is 5.39. The third kappa shape index (κ3) is 6.44. The summed E-state index contributed by atoms with van der Waals surface area (Å²) in [7, 11) is 0. The van der Waals surface area contributed by atoms with E-state index < -0.39 is 11.7 Å². The second kappa shape index (κ2) is 12.0. The third-order valence-electron chi connectivity index (χ3n) is 8.01. The molecule has 3 aromatic rings. The molecule has 2 aromatic carbocycles. The zero-order valence-corrected chi connectivity index (χ0v) is 22.8. The first-order valence-corrected chi connectivity index (χ1v) is 13.8. The predicted octanol–water partition coefficient (Wildman–Crippen LogP) is 5.07. The first kappa shape index (κ1) is 28.8. The van der Waals surface area contributed by atoms with Gasteiger partial charge >= 0.3 is 6.18 Å². The van der Waals surface area contributed by atoms with Gasteiger partial charge in [-0.2, -0.15) is 13.2 Å². The molecule has 5 rings (SSSR count). The van der Waals surface area contributed by atoms with Gasteiger partial charge in [0.1, 0.15) is 0 Å². The summed E-state index contributed by atoms with van der Waals surface area (Å²) in [6.45, 7) is 4.33. The van der Waals surface area contributed by atoms with Crippen molar-refractivity contribution in [2.24, 2.45) is 11.7 Å². The maximum absolute atomic E-state index is 13.3. The maximum atomic E-state index is 13.3. The number of nitrogens with zero attached hydrogens (tertiary/aromatic N) is 2. The Bertz CT molecular complexity index is 1400. The number of carbonyl (C=O) groups is 2. The maximum Gasteiger partial charge on any atom is 0.416 e. The van der Waals surface area contributed by atoms with Gasteiger partial charge in [-0.15, -0.1) is 0 Å². The van der Waals surface area contributed by atoms with Gasteiger partial charge in [0, 0.05) is 32.0 Å². The summed E-state index contributed by atoms with van der Waals surface area (Å²) in [4.78, 5) is 31.8. The van der Waals surface area contributed by atoms with Crippen molar-refractivity contribution in [1.29, 1.82) is 0 Å². The molecule has 10 heteroatoms. The van der Waals surface area contributed by atoms with E-state index in [-0.39, 0.29) is 36.2 Å². The van der Waals surface area contributed by atoms with Crippen molar-refractivity contribution in [1.82, 2.24) is 15.2 Å². The fourth-order valence-corrected chi connectivity index (χ4v) is 5.39. The lowest BCUT2D eigenvalue weighted by Gasteiger charge is -2.36. The molecule has 0 bridgehead atoms. The molecule has 0 aliphatic carbocycles. The highest BCUT2D eigenvalue weighted by atomic mass is 19.4. The highest BCUT2D eigenvalue weighted by Gasteiger charge is 2.33. The van der Waals surface area contributed by atoms with Crippen LogP contribution in [0.3, 0.4) is 0 Å². The number of amides is 2. The highest BCUT2D eigenvalue weighted by Crippen LogP contribution is 2.35. The van der Waals surface area contributed by atoms with E-state index in [1.807, 2.05) is 17.9 Å². The van der Waals surface area contributed by atoms with Crippen molar-refractivity contribution in [2.45, 2.75) is 44.4 Å². The Hall–Kier alpha value is -3.76. The fraction of sp³-hybridized carbons (Fsp3) is 0.387. The first-order valence-electron chi connectivity index (χ1n) is 13.8. The molecule has 7 nitrogen and oxygen atoms in total. The van der Waals surface area contributed by atoms with Crippen LogP contribution in [-0.2, 0) is 22.3 Å². The lowest BCUT2D eigenvalue weighted by atomic mass is 9.89. The number of nitrogens with two attached hydrogens (primary N) is 1. The molecule has 41 heavy (non-hydrogen) atoms. The minimum atomic E-state index is -4.45. The summed E-state index contributed by atoms with van der Waals surface area (Å²) in [5, 5.41) is 2.99. The molecule has 2 aliphatic rings. The molecule has 216 valence electrons. The molecule has 0 spiro atoms. The van der Waals surface area contributed by atoms with Gasteiger partial charge in [0.15, 0.2) is 0 Å². The molecule has 3 heterocycles. The summed E-state index contributed by atoms with van der Waals surface area (Å²) in [5.41, 5.74) is 8.95. The van der Waals surface area contributed by atoms with Crippen molar-refractivity contribution < 1.29 is 27.5 Å². The number of likely N-dealkylation sites (tertiary alicyclic amines) is 1. The third-order valence-corrected chi connectivity index (χ3v) is 8.01. The lowest BCUT2D eigenvalue weighted by molar-refractivity contribution is -0.151. The summed E-state index contributed by atoms with van der Waals surface area (Å²) < 4.78 is 45.0. The number of alkyl halides is 3. The Morgan fingerprint density at radius 3 is 2.39 bits per heavy atom. The average molecular weight is 567 g/mol. The van der Waals surface area contributed by atoms with Gasteiger partial charge in [-0.25, -0.2) is 0 Å². The number of nitrogens with one attached hydrogen (secondary N) is 1. The number of pyridine rings is 1. The standard InChI is InChI=1S/C31H33F3N4O3/c1-19(20-2-4-22(5-3-20)28-13-27(31(32,33)34)7-6-23(28)14-35)37-29(39)25-12-24(15-36-16-25)21-8-10-38(11-9-21)30(40)26-17-41-18-26/h2-7,12-13,15-16,19,21,26H,8-11,14,17-18,35H2,1H3,(H,37,39)/t19-/m1/s1. The summed E-state index contributed by atoms with van der Waals surface area (Å²) >= 11 is 0. The minimum Gasteiger partial charge on any atom is -0.380 e. The monoisotopic (exact) mass is 566 g/mol. The molecular formula is C31H33F3N4O3. The zero-order valence-electron chi connectivity index (χ0n) is 22.8. The number of aromatic nitrogens is 1. The number of benzene rings is 2. The van der Waals surface area contributed by atoms with Crippen LogP contribution in [0.4, 0.5) is 13.2 Å². The van der Waals surface area contributed by atoms with Crippen LogP contribution < -0.4 is 11.1 Å². The normalized spacial score (nSPS) is 17.1. The van der Waals surface area contributed by atoms with Crippen molar-refractivity contribution >= 4 is 11.8 Å². The lowest BCUT2D eigenvalue weighted by Crippen LogP contribution is -2.47. The zero-order chi connectivity index (χ0) is 29.1. The van der Waals surface area contributed by atoms with Gasteiger partial charge in [0.05, 0.1) is 36.3 Å². The number of piperidine rings is 1. The van der Waals surface area contributed by atoms with Gasteiger partial charge in [-0.3, -0.25) is 14.6 Å². The van der Waals surface area contributed by atoms with E-state index in [1.165, 1.54) is 12.3 Å². The molecule has 2 saturated heterocycles. The minimum absolute atomic E-state index is 0.0116. The number of ether oxygens (including phenoxy) is 1. The predicted molar refractivity (Wildman–Crippen MR) is 148 cm³/mol. The summed E-state index contributed by atoms with van der Waals surface area (Å²) in [6, 6.07) is 12.1. The van der Waals surface area contributed by atoms with Crippen molar-refractivity contribution in [3.63, 3.8) is 0 Å². The second-order valence-electron chi connectivity index (χ2n) is 10.7. The quantitative estimate of drug-likeness (QED) is 0.416. The molecule has 1 atom stereocenters. The van der Waals surface area contributed by atoms with Crippen LogP contribution in [0.5, 0.6) is 0 Å². The molecular weight excluding hydrogens is 533 g/mol. The van der Waals surface area contributed by atoms with Gasteiger partial charge in [0.25, 0.3) is 5.91 Å². The number of hydrogen-bond donors (Lipinski definition) is 2. The SMILES string of the molecule is C[C@@H](NC(=O)c1cncc(C2CCN(C(=O)C3COC3)CC2)c1)c1ccc(-c2cc(C(F)(F)F)ccc2CN)cc1. The molecule has 1 aromatic heterocycles. The van der Waals surface area contributed by atoms with Crippen LogP contribution in [-0.4, -0.2) is 48.0 Å². The van der Waals surface area contributed by atoms with Crippen molar-refractivity contribution in [2.75, 3.05) is 26.3 Å². The summed E-state index contributed by atoms with van der Waals surface area (Å²) in [6.07, 6.45) is 0.490. The number of carbonyl (C=O) groups excluding carboxylic acids is 2. The van der Waals surface area contributed by atoms with E-state index in [1.54, 1.807) is 30.5 Å². The van der Waals surface area contributed by atoms with E-state index >= 15 is 0 Å². The molecule has 0 unspecified atom stereocenters. The van der Waals surface area contributed by atoms with Crippen LogP contribution in [0.2, 0.25) is 0 Å². The van der Waals surface area contributed by atoms with Crippen LogP contribution in [0.15, 0.2) is 60.9 Å². The van der Waals surface area contributed by atoms with Crippen molar-refractivity contribution in [3.8, 4) is 11.1 Å². The molecule has 2 fully saturated rings. The molecule has 2 amide bonds. The van der Waals surface area contributed by atoms with Crippen LogP contribution in [0, 0.1) is 5.92 Å².